The summed E-state index contributed by atoms with van der Waals surface area (Å²) in [7, 11) is 0.942. The second-order valence-electron chi connectivity index (χ2n) is 6.00. The molecule has 1 aliphatic rings. The van der Waals surface area contributed by atoms with Gasteiger partial charge < -0.3 is 14.9 Å². The lowest BCUT2D eigenvalue weighted by atomic mass is 9.97. The molecule has 1 heterocycles. The van der Waals surface area contributed by atoms with E-state index >= 15 is 0 Å². The van der Waals surface area contributed by atoms with Crippen LogP contribution in [0.5, 0.6) is 0 Å². The Morgan fingerprint density at radius 2 is 1.69 bits per heavy atom. The first-order valence-corrected chi connectivity index (χ1v) is 8.16. The van der Waals surface area contributed by atoms with Crippen LogP contribution in [0.3, 0.4) is 0 Å². The van der Waals surface area contributed by atoms with Gasteiger partial charge in [0, 0.05) is 23.4 Å². The number of ether oxygens (including phenoxy) is 1. The molecule has 1 aliphatic heterocycles. The van der Waals surface area contributed by atoms with E-state index in [1.165, 1.54) is 24.3 Å². The number of methoxy groups -OCH3 is 1. The highest BCUT2D eigenvalue weighted by Gasteiger charge is 2.62. The summed E-state index contributed by atoms with van der Waals surface area (Å²) in [6.07, 6.45) is 0. The van der Waals surface area contributed by atoms with Crippen LogP contribution >= 0.6 is 0 Å². The predicted octanol–water partition coefficient (Wildman–Crippen LogP) is 1.34. The number of rotatable bonds is 4. The van der Waals surface area contributed by atoms with Crippen molar-refractivity contribution in [2.24, 2.45) is 0 Å². The largest absolute Gasteiger partial charge is 0.507 e. The van der Waals surface area contributed by atoms with Crippen LogP contribution < -0.4 is 4.90 Å². The molecule has 10 heteroatoms. The number of esters is 1. The maximum Gasteiger partial charge on any atom is 0.365 e. The van der Waals surface area contributed by atoms with Crippen LogP contribution in [-0.2, 0) is 19.1 Å². The average molecular weight is 398 g/mol. The van der Waals surface area contributed by atoms with Gasteiger partial charge in [-0.1, -0.05) is 18.2 Å². The molecule has 29 heavy (non-hydrogen) atoms. The fraction of sp³-hybridized carbons (Fsp3) is 0.105. The number of aliphatic hydroxyl groups is 2. The van der Waals surface area contributed by atoms with Gasteiger partial charge in [0.2, 0.25) is 0 Å². The minimum absolute atomic E-state index is 0.0187. The third-order valence-corrected chi connectivity index (χ3v) is 4.37. The Kier molecular flexibility index (Phi) is 4.87. The standard InChI is InChI=1S/C19H14N2O8/c1-29-18(25)19(26)14(15(22)11-7-9-13(10-8-11)21(27)28)16(23)17(24)20(19)12-5-3-2-4-6-12/h2-10,22,26H,1H3/t19-/m1/s1. The lowest BCUT2D eigenvalue weighted by Gasteiger charge is -2.30. The Balaban J connectivity index is 2.24. The molecule has 3 rings (SSSR count). The van der Waals surface area contributed by atoms with E-state index in [9.17, 15) is 34.7 Å². The fourth-order valence-electron chi connectivity index (χ4n) is 3.00. The van der Waals surface area contributed by atoms with Crippen molar-refractivity contribution in [1.82, 2.24) is 0 Å². The van der Waals surface area contributed by atoms with Crippen molar-refractivity contribution in [2.45, 2.75) is 5.72 Å². The number of nitro benzene ring substituents is 1. The van der Waals surface area contributed by atoms with E-state index in [1.807, 2.05) is 0 Å². The van der Waals surface area contributed by atoms with E-state index < -0.39 is 39.6 Å². The summed E-state index contributed by atoms with van der Waals surface area (Å²) in [5.41, 5.74) is -4.23. The van der Waals surface area contributed by atoms with Crippen LogP contribution in [-0.4, -0.2) is 45.6 Å². The number of amides is 1. The molecule has 2 aromatic rings. The van der Waals surface area contributed by atoms with Gasteiger partial charge in [0.15, 0.2) is 0 Å². The Labute approximate surface area is 163 Å². The number of Topliss-reactive ketones (excluding diaryl/α,β-unsaturated/α-hetero) is 1. The number of hydrogen-bond donors (Lipinski definition) is 2. The lowest BCUT2D eigenvalue weighted by molar-refractivity contribution is -0.384. The second kappa shape index (κ2) is 7.17. The van der Waals surface area contributed by atoms with Gasteiger partial charge in [-0.05, 0) is 24.3 Å². The van der Waals surface area contributed by atoms with Gasteiger partial charge in [0.25, 0.3) is 17.2 Å². The Morgan fingerprint density at radius 3 is 2.21 bits per heavy atom. The van der Waals surface area contributed by atoms with E-state index in [1.54, 1.807) is 6.07 Å². The summed E-state index contributed by atoms with van der Waals surface area (Å²) in [6, 6.07) is 11.7. The van der Waals surface area contributed by atoms with E-state index in [2.05, 4.69) is 4.74 Å². The Hall–Kier alpha value is -4.05. The number of carbonyl (C=O) groups is 3. The SMILES string of the molecule is COC(=O)[C@]1(O)C(=C(O)c2ccc([N+](=O)[O-])cc2)C(=O)C(=O)N1c1ccccc1. The van der Waals surface area contributed by atoms with Crippen LogP contribution in [0.2, 0.25) is 0 Å². The summed E-state index contributed by atoms with van der Waals surface area (Å²) < 4.78 is 4.58. The van der Waals surface area contributed by atoms with E-state index in [4.69, 9.17) is 0 Å². The van der Waals surface area contributed by atoms with Gasteiger partial charge in [-0.25, -0.2) is 4.79 Å². The number of nitrogens with zero attached hydrogens (tertiary/aromatic N) is 2. The monoisotopic (exact) mass is 398 g/mol. The maximum atomic E-state index is 12.6. The molecular formula is C19H14N2O8. The minimum Gasteiger partial charge on any atom is -0.507 e. The first kappa shape index (κ1) is 19.7. The number of para-hydroxylation sites is 1. The summed E-state index contributed by atoms with van der Waals surface area (Å²) in [5, 5.41) is 32.5. The van der Waals surface area contributed by atoms with E-state index in [0.29, 0.717) is 4.90 Å². The molecule has 0 saturated carbocycles. The first-order chi connectivity index (χ1) is 13.7. The van der Waals surface area contributed by atoms with Crippen molar-refractivity contribution in [3.05, 3.63) is 75.8 Å². The van der Waals surface area contributed by atoms with Gasteiger partial charge in [-0.2, -0.15) is 0 Å². The quantitative estimate of drug-likeness (QED) is 0.196. The minimum atomic E-state index is -2.93. The summed E-state index contributed by atoms with van der Waals surface area (Å²) in [5.74, 6) is -4.83. The molecule has 1 atom stereocenters. The van der Waals surface area contributed by atoms with Gasteiger partial charge in [0.05, 0.1) is 12.0 Å². The van der Waals surface area contributed by atoms with E-state index in [-0.39, 0.29) is 16.9 Å². The highest BCUT2D eigenvalue weighted by Crippen LogP contribution is 2.39. The molecule has 2 aromatic carbocycles. The predicted molar refractivity (Wildman–Crippen MR) is 98.5 cm³/mol. The molecule has 148 valence electrons. The normalized spacial score (nSPS) is 20.6. The zero-order chi connectivity index (χ0) is 21.3. The number of aliphatic hydroxyl groups excluding tert-OH is 1. The second-order valence-corrected chi connectivity index (χ2v) is 6.00. The van der Waals surface area contributed by atoms with Crippen molar-refractivity contribution < 1.29 is 34.3 Å². The molecule has 1 fully saturated rings. The number of nitro groups is 1. The zero-order valence-electron chi connectivity index (χ0n) is 14.9. The first-order valence-electron chi connectivity index (χ1n) is 8.16. The van der Waals surface area contributed by atoms with Crippen LogP contribution in [0.4, 0.5) is 11.4 Å². The number of hydrogen-bond acceptors (Lipinski definition) is 8. The summed E-state index contributed by atoms with van der Waals surface area (Å²) in [6.45, 7) is 0. The van der Waals surface area contributed by atoms with Crippen LogP contribution in [0.1, 0.15) is 5.56 Å². The molecule has 0 radical (unpaired) electrons. The molecule has 10 nitrogen and oxygen atoms in total. The van der Waals surface area contributed by atoms with Crippen molar-refractivity contribution in [3.8, 4) is 0 Å². The van der Waals surface area contributed by atoms with Gasteiger partial charge in [-0.3, -0.25) is 24.6 Å². The van der Waals surface area contributed by atoms with Gasteiger partial charge in [-0.15, -0.1) is 0 Å². The van der Waals surface area contributed by atoms with Crippen LogP contribution in [0.15, 0.2) is 60.2 Å². The molecule has 2 N–H and O–H groups in total. The number of ketones is 1. The summed E-state index contributed by atoms with van der Waals surface area (Å²) in [4.78, 5) is 48.3. The Morgan fingerprint density at radius 1 is 1.10 bits per heavy atom. The number of carbonyl (C=O) groups excluding carboxylic acids is 3. The van der Waals surface area contributed by atoms with Crippen molar-refractivity contribution in [1.29, 1.82) is 0 Å². The number of non-ortho nitro benzene ring substituents is 1. The molecular weight excluding hydrogens is 384 g/mol. The topological polar surface area (TPSA) is 147 Å². The highest BCUT2D eigenvalue weighted by atomic mass is 16.6. The summed E-state index contributed by atoms with van der Waals surface area (Å²) >= 11 is 0. The fourth-order valence-corrected chi connectivity index (χ4v) is 3.00. The molecule has 0 spiro atoms. The molecule has 0 aromatic heterocycles. The third-order valence-electron chi connectivity index (χ3n) is 4.37. The average Bonchev–Trinajstić information content (AvgIpc) is 2.93. The van der Waals surface area contributed by atoms with E-state index in [0.717, 1.165) is 31.4 Å². The molecule has 0 unspecified atom stereocenters. The highest BCUT2D eigenvalue weighted by molar-refractivity contribution is 6.54. The third kappa shape index (κ3) is 3.01. The van der Waals surface area contributed by atoms with Crippen molar-refractivity contribution in [2.75, 3.05) is 12.0 Å². The number of anilines is 1. The zero-order valence-corrected chi connectivity index (χ0v) is 14.9. The smallest absolute Gasteiger partial charge is 0.365 e. The Bertz CT molecular complexity index is 1050. The van der Waals surface area contributed by atoms with Crippen LogP contribution in [0, 0.1) is 10.1 Å². The maximum absolute atomic E-state index is 12.6. The van der Waals surface area contributed by atoms with Gasteiger partial charge in [0.1, 0.15) is 11.3 Å². The van der Waals surface area contributed by atoms with Crippen molar-refractivity contribution in [3.63, 3.8) is 0 Å². The molecule has 0 bridgehead atoms. The lowest BCUT2D eigenvalue weighted by Crippen LogP contribution is -2.54. The van der Waals surface area contributed by atoms with Crippen molar-refractivity contribution >= 4 is 34.8 Å². The molecule has 1 saturated heterocycles. The molecule has 1 amide bonds. The van der Waals surface area contributed by atoms with Gasteiger partial charge >= 0.3 is 11.9 Å². The number of benzene rings is 2. The molecule has 0 aliphatic carbocycles. The van der Waals surface area contributed by atoms with Crippen LogP contribution in [0.25, 0.3) is 5.76 Å².